The van der Waals surface area contributed by atoms with E-state index in [4.69, 9.17) is 0 Å². The van der Waals surface area contributed by atoms with Crippen LogP contribution in [0.5, 0.6) is 0 Å². The average Bonchev–Trinajstić information content (AvgIpc) is 3.22. The summed E-state index contributed by atoms with van der Waals surface area (Å²) in [6.07, 6.45) is 3.79. The van der Waals surface area contributed by atoms with Crippen molar-refractivity contribution in [3.63, 3.8) is 0 Å². The van der Waals surface area contributed by atoms with Gasteiger partial charge >= 0.3 is 0 Å². The van der Waals surface area contributed by atoms with Crippen molar-refractivity contribution in [2.75, 3.05) is 38.5 Å². The van der Waals surface area contributed by atoms with Gasteiger partial charge in [0.25, 0.3) is 0 Å². The predicted molar refractivity (Wildman–Crippen MR) is 120 cm³/mol. The summed E-state index contributed by atoms with van der Waals surface area (Å²) in [5, 5.41) is 2.96. The van der Waals surface area contributed by atoms with Gasteiger partial charge in [-0.25, -0.2) is 0 Å². The number of likely N-dealkylation sites (N-methyl/N-ethyl adjacent to an activating group) is 1. The summed E-state index contributed by atoms with van der Waals surface area (Å²) >= 11 is 0. The maximum absolute atomic E-state index is 12.5. The lowest BCUT2D eigenvalue weighted by atomic mass is 10.0. The summed E-state index contributed by atoms with van der Waals surface area (Å²) in [6, 6.07) is 14.0. The number of fused-ring (bicyclic) bond motifs is 1. The standard InChI is InChI=1S/C25H31N3O2/c1-27-12-14-28(15-13-27)18-19-4-2-7-23(16-19)26-25(30)11-10-24(29)22-9-8-20-5-3-6-21(20)17-22/h2,4,7-9,16-17H,3,5-6,10-15,18H2,1H3,(H,26,30). The highest BCUT2D eigenvalue weighted by Crippen LogP contribution is 2.23. The highest BCUT2D eigenvalue weighted by Gasteiger charge is 2.16. The Morgan fingerprint density at radius 2 is 1.73 bits per heavy atom. The lowest BCUT2D eigenvalue weighted by Gasteiger charge is -2.32. The first-order chi connectivity index (χ1) is 14.6. The van der Waals surface area contributed by atoms with Crippen LogP contribution in [0.1, 0.15) is 46.3 Å². The van der Waals surface area contributed by atoms with Gasteiger partial charge in [0.05, 0.1) is 0 Å². The van der Waals surface area contributed by atoms with Gasteiger partial charge in [0.1, 0.15) is 0 Å². The van der Waals surface area contributed by atoms with E-state index in [0.717, 1.165) is 56.8 Å². The van der Waals surface area contributed by atoms with Crippen molar-refractivity contribution in [2.45, 2.75) is 38.6 Å². The fourth-order valence-corrected chi connectivity index (χ4v) is 4.35. The van der Waals surface area contributed by atoms with Gasteiger partial charge in [-0.2, -0.15) is 0 Å². The van der Waals surface area contributed by atoms with Gasteiger partial charge < -0.3 is 10.2 Å². The fraction of sp³-hybridized carbons (Fsp3) is 0.440. The summed E-state index contributed by atoms with van der Waals surface area (Å²) < 4.78 is 0. The minimum atomic E-state index is -0.110. The molecule has 1 fully saturated rings. The highest BCUT2D eigenvalue weighted by molar-refractivity contribution is 6.00. The predicted octanol–water partition coefficient (Wildman–Crippen LogP) is 3.52. The molecule has 2 aliphatic rings. The second-order valence-electron chi connectivity index (χ2n) is 8.59. The van der Waals surface area contributed by atoms with E-state index in [1.54, 1.807) is 0 Å². The zero-order valence-corrected chi connectivity index (χ0v) is 17.8. The number of rotatable bonds is 7. The van der Waals surface area contributed by atoms with E-state index >= 15 is 0 Å². The molecule has 0 aromatic heterocycles. The lowest BCUT2D eigenvalue weighted by molar-refractivity contribution is -0.116. The maximum atomic E-state index is 12.5. The maximum Gasteiger partial charge on any atom is 0.224 e. The number of carbonyl (C=O) groups is 2. The number of hydrogen-bond acceptors (Lipinski definition) is 4. The number of benzene rings is 2. The quantitative estimate of drug-likeness (QED) is 0.716. The summed E-state index contributed by atoms with van der Waals surface area (Å²) in [6.45, 7) is 5.22. The molecule has 1 aliphatic heterocycles. The van der Waals surface area contributed by atoms with E-state index in [2.05, 4.69) is 34.3 Å². The van der Waals surface area contributed by atoms with Gasteiger partial charge in [-0.3, -0.25) is 14.5 Å². The Hall–Kier alpha value is -2.50. The second kappa shape index (κ2) is 9.54. The van der Waals surface area contributed by atoms with Gasteiger partial charge in [-0.1, -0.05) is 24.3 Å². The Bertz CT molecular complexity index is 916. The molecule has 1 heterocycles. The number of carbonyl (C=O) groups excluding carboxylic acids is 2. The number of nitrogens with zero attached hydrogens (tertiary/aromatic N) is 2. The van der Waals surface area contributed by atoms with Crippen LogP contribution in [0.4, 0.5) is 5.69 Å². The van der Waals surface area contributed by atoms with E-state index in [-0.39, 0.29) is 24.5 Å². The minimum Gasteiger partial charge on any atom is -0.326 e. The molecule has 30 heavy (non-hydrogen) atoms. The first-order valence-corrected chi connectivity index (χ1v) is 11.0. The van der Waals surface area contributed by atoms with Crippen molar-refractivity contribution in [1.29, 1.82) is 0 Å². The van der Waals surface area contributed by atoms with Crippen molar-refractivity contribution >= 4 is 17.4 Å². The average molecular weight is 406 g/mol. The van der Waals surface area contributed by atoms with Crippen molar-refractivity contribution in [3.05, 3.63) is 64.7 Å². The van der Waals surface area contributed by atoms with Crippen LogP contribution in [-0.2, 0) is 24.2 Å². The van der Waals surface area contributed by atoms with Crippen LogP contribution < -0.4 is 5.32 Å². The number of hydrogen-bond donors (Lipinski definition) is 1. The molecule has 0 unspecified atom stereocenters. The largest absolute Gasteiger partial charge is 0.326 e. The van der Waals surface area contributed by atoms with Gasteiger partial charge in [0.15, 0.2) is 5.78 Å². The molecule has 1 aliphatic carbocycles. The molecule has 2 aromatic carbocycles. The molecule has 158 valence electrons. The highest BCUT2D eigenvalue weighted by atomic mass is 16.2. The minimum absolute atomic E-state index is 0.0451. The first-order valence-electron chi connectivity index (χ1n) is 11.0. The number of nitrogens with one attached hydrogen (secondary N) is 1. The van der Waals surface area contributed by atoms with Crippen LogP contribution in [-0.4, -0.2) is 54.7 Å². The number of amides is 1. The Labute approximate surface area is 179 Å². The number of ketones is 1. The van der Waals surface area contributed by atoms with Crippen molar-refractivity contribution in [1.82, 2.24) is 9.80 Å². The first kappa shape index (κ1) is 20.8. The van der Waals surface area contributed by atoms with E-state index in [0.29, 0.717) is 0 Å². The SMILES string of the molecule is CN1CCN(Cc2cccc(NC(=O)CCC(=O)c3ccc4c(c3)CCC4)c2)CC1. The van der Waals surface area contributed by atoms with Crippen molar-refractivity contribution < 1.29 is 9.59 Å². The third-order valence-corrected chi connectivity index (χ3v) is 6.21. The van der Waals surface area contributed by atoms with Gasteiger partial charge in [-0.15, -0.1) is 0 Å². The normalized spacial score (nSPS) is 17.0. The molecule has 5 heteroatoms. The van der Waals surface area contributed by atoms with Gasteiger partial charge in [0.2, 0.25) is 5.91 Å². The Kier molecular flexibility index (Phi) is 6.60. The molecule has 1 saturated heterocycles. The zero-order valence-electron chi connectivity index (χ0n) is 17.8. The number of piperazine rings is 1. The third kappa shape index (κ3) is 5.35. The Morgan fingerprint density at radius 1 is 0.933 bits per heavy atom. The van der Waals surface area contributed by atoms with Crippen molar-refractivity contribution in [3.8, 4) is 0 Å². The molecule has 2 aromatic rings. The molecule has 5 nitrogen and oxygen atoms in total. The Morgan fingerprint density at radius 3 is 2.57 bits per heavy atom. The summed E-state index contributed by atoms with van der Waals surface area (Å²) in [5.74, 6) is -0.0649. The van der Waals surface area contributed by atoms with Gasteiger partial charge in [0, 0.05) is 56.8 Å². The molecule has 4 rings (SSSR count). The van der Waals surface area contributed by atoms with Crippen LogP contribution in [0.2, 0.25) is 0 Å². The van der Waals surface area contributed by atoms with Crippen LogP contribution in [0.3, 0.4) is 0 Å². The monoisotopic (exact) mass is 405 g/mol. The topological polar surface area (TPSA) is 52.6 Å². The molecule has 1 N–H and O–H groups in total. The summed E-state index contributed by atoms with van der Waals surface area (Å²) in [4.78, 5) is 29.7. The fourth-order valence-electron chi connectivity index (χ4n) is 4.35. The van der Waals surface area contributed by atoms with Crippen LogP contribution in [0, 0.1) is 0 Å². The van der Waals surface area contributed by atoms with Crippen molar-refractivity contribution in [2.24, 2.45) is 0 Å². The molecule has 0 spiro atoms. The molecular formula is C25H31N3O2. The van der Waals surface area contributed by atoms with Crippen LogP contribution in [0.15, 0.2) is 42.5 Å². The molecule has 0 saturated carbocycles. The summed E-state index contributed by atoms with van der Waals surface area (Å²) in [5.41, 5.74) is 5.39. The number of Topliss-reactive ketones (excluding diaryl/α,β-unsaturated/α-hetero) is 1. The van der Waals surface area contributed by atoms with Crippen LogP contribution >= 0.6 is 0 Å². The smallest absolute Gasteiger partial charge is 0.224 e. The van der Waals surface area contributed by atoms with E-state index in [9.17, 15) is 9.59 Å². The zero-order chi connectivity index (χ0) is 20.9. The van der Waals surface area contributed by atoms with E-state index < -0.39 is 0 Å². The van der Waals surface area contributed by atoms with E-state index in [1.165, 1.54) is 23.1 Å². The molecule has 0 atom stereocenters. The number of aryl methyl sites for hydroxylation is 2. The van der Waals surface area contributed by atoms with Crippen LogP contribution in [0.25, 0.3) is 0 Å². The number of anilines is 1. The molecule has 1 amide bonds. The Balaban J connectivity index is 1.27. The molecule has 0 bridgehead atoms. The molecular weight excluding hydrogens is 374 g/mol. The van der Waals surface area contributed by atoms with Gasteiger partial charge in [-0.05, 0) is 61.2 Å². The molecule has 0 radical (unpaired) electrons. The van der Waals surface area contributed by atoms with E-state index in [1.807, 2.05) is 30.3 Å². The second-order valence-corrected chi connectivity index (χ2v) is 8.59. The lowest BCUT2D eigenvalue weighted by Crippen LogP contribution is -2.43. The summed E-state index contributed by atoms with van der Waals surface area (Å²) in [7, 11) is 2.16. The third-order valence-electron chi connectivity index (χ3n) is 6.21.